The molecule has 1 N–H and O–H groups in total. The number of aryl methyl sites for hydroxylation is 3. The minimum absolute atomic E-state index is 0.134. The number of aromatic nitrogens is 2. The summed E-state index contributed by atoms with van der Waals surface area (Å²) in [5.41, 5.74) is 3.85. The number of benzene rings is 1. The highest BCUT2D eigenvalue weighted by Gasteiger charge is 2.10. The molecule has 116 valence electrons. The van der Waals surface area contributed by atoms with Crippen molar-refractivity contribution in [1.82, 2.24) is 9.97 Å². The Balaban J connectivity index is 1.98. The van der Waals surface area contributed by atoms with E-state index < -0.39 is 5.82 Å². The zero-order chi connectivity index (χ0) is 16.3. The molecule has 0 saturated carbocycles. The first-order valence-electron chi connectivity index (χ1n) is 6.87. The Kier molecular flexibility index (Phi) is 5.13. The third-order valence-corrected chi connectivity index (χ3v) is 4.19. The zero-order valence-corrected chi connectivity index (χ0v) is 13.8. The number of rotatable bonds is 4. The van der Waals surface area contributed by atoms with Crippen molar-refractivity contribution in [2.45, 2.75) is 32.9 Å². The molecule has 0 bridgehead atoms. The fourth-order valence-electron chi connectivity index (χ4n) is 1.84. The van der Waals surface area contributed by atoms with Gasteiger partial charge >= 0.3 is 0 Å². The molecule has 0 aliphatic rings. The lowest BCUT2D eigenvalue weighted by Gasteiger charge is -2.08. The number of nitrogens with zero attached hydrogens (tertiary/aromatic N) is 2. The summed E-state index contributed by atoms with van der Waals surface area (Å²) >= 11 is 1.24. The van der Waals surface area contributed by atoms with Gasteiger partial charge in [0.05, 0.1) is 11.4 Å². The molecule has 0 aliphatic carbocycles. The highest BCUT2D eigenvalue weighted by Crippen LogP contribution is 2.19. The number of hydrogen-bond acceptors (Lipinski definition) is 4. The van der Waals surface area contributed by atoms with E-state index in [0.29, 0.717) is 5.16 Å². The van der Waals surface area contributed by atoms with Crippen LogP contribution in [0.3, 0.4) is 0 Å². The molecule has 6 heteroatoms. The van der Waals surface area contributed by atoms with Crippen molar-refractivity contribution in [3.05, 3.63) is 46.5 Å². The van der Waals surface area contributed by atoms with E-state index in [-0.39, 0.29) is 17.3 Å². The Morgan fingerprint density at radius 2 is 1.82 bits per heavy atom. The number of anilines is 1. The summed E-state index contributed by atoms with van der Waals surface area (Å²) in [6, 6.07) is 4.70. The van der Waals surface area contributed by atoms with Crippen LogP contribution in [-0.2, 0) is 4.79 Å². The lowest BCUT2D eigenvalue weighted by Crippen LogP contribution is -2.15. The number of thioether (sulfide) groups is 1. The molecule has 0 spiro atoms. The molecule has 22 heavy (non-hydrogen) atoms. The van der Waals surface area contributed by atoms with E-state index in [1.165, 1.54) is 17.8 Å². The highest BCUT2D eigenvalue weighted by molar-refractivity contribution is 7.99. The zero-order valence-electron chi connectivity index (χ0n) is 13.0. The van der Waals surface area contributed by atoms with E-state index in [4.69, 9.17) is 0 Å². The second-order valence-electron chi connectivity index (χ2n) is 5.12. The summed E-state index contributed by atoms with van der Waals surface area (Å²) in [7, 11) is 0. The van der Waals surface area contributed by atoms with Gasteiger partial charge in [0.1, 0.15) is 5.82 Å². The quantitative estimate of drug-likeness (QED) is 0.691. The van der Waals surface area contributed by atoms with Crippen molar-refractivity contribution in [2.24, 2.45) is 0 Å². The normalized spacial score (nSPS) is 10.6. The predicted octanol–water partition coefficient (Wildman–Crippen LogP) is 3.58. The Labute approximate surface area is 133 Å². The first-order chi connectivity index (χ1) is 10.4. The Hall–Kier alpha value is -1.95. The first kappa shape index (κ1) is 16.4. The van der Waals surface area contributed by atoms with Gasteiger partial charge in [-0.2, -0.15) is 0 Å². The van der Waals surface area contributed by atoms with Gasteiger partial charge in [0.25, 0.3) is 0 Å². The molecule has 2 rings (SSSR count). The fraction of sp³-hybridized carbons (Fsp3) is 0.312. The number of carbonyl (C=O) groups excluding carboxylic acids is 1. The van der Waals surface area contributed by atoms with Crippen LogP contribution < -0.4 is 5.32 Å². The predicted molar refractivity (Wildman–Crippen MR) is 86.7 cm³/mol. The molecule has 4 nitrogen and oxygen atoms in total. The minimum Gasteiger partial charge on any atom is -0.323 e. The van der Waals surface area contributed by atoms with E-state index in [2.05, 4.69) is 15.3 Å². The first-order valence-corrected chi connectivity index (χ1v) is 7.86. The Bertz CT molecular complexity index is 696. The maximum Gasteiger partial charge on any atom is 0.234 e. The number of carbonyl (C=O) groups is 1. The molecule has 0 unspecified atom stereocenters. The number of amides is 1. The van der Waals surface area contributed by atoms with Crippen molar-refractivity contribution in [2.75, 3.05) is 11.1 Å². The molecule has 0 radical (unpaired) electrons. The van der Waals surface area contributed by atoms with Gasteiger partial charge in [0, 0.05) is 11.4 Å². The van der Waals surface area contributed by atoms with Gasteiger partial charge in [-0.05, 0) is 51.0 Å². The molecule has 0 fully saturated rings. The van der Waals surface area contributed by atoms with Crippen molar-refractivity contribution in [1.29, 1.82) is 0 Å². The number of hydrogen-bond donors (Lipinski definition) is 1. The van der Waals surface area contributed by atoms with Gasteiger partial charge in [0.2, 0.25) is 5.91 Å². The summed E-state index contributed by atoms with van der Waals surface area (Å²) in [6.45, 7) is 7.58. The van der Waals surface area contributed by atoms with Crippen LogP contribution in [0.5, 0.6) is 0 Å². The SMILES string of the molecule is Cc1ccc(NC(=O)CSc2nc(C)c(C)c(C)n2)c(F)c1. The van der Waals surface area contributed by atoms with Crippen LogP contribution in [0.1, 0.15) is 22.5 Å². The monoisotopic (exact) mass is 319 g/mol. The maximum atomic E-state index is 13.7. The van der Waals surface area contributed by atoms with Gasteiger partial charge in [-0.3, -0.25) is 4.79 Å². The van der Waals surface area contributed by atoms with Crippen LogP contribution >= 0.6 is 11.8 Å². The van der Waals surface area contributed by atoms with Crippen LogP contribution in [0.4, 0.5) is 10.1 Å². The third kappa shape index (κ3) is 4.04. The van der Waals surface area contributed by atoms with E-state index in [1.807, 2.05) is 20.8 Å². The number of nitrogens with one attached hydrogen (secondary N) is 1. The van der Waals surface area contributed by atoms with Crippen molar-refractivity contribution >= 4 is 23.4 Å². The largest absolute Gasteiger partial charge is 0.323 e. The van der Waals surface area contributed by atoms with Gasteiger partial charge in [-0.25, -0.2) is 14.4 Å². The van der Waals surface area contributed by atoms with Crippen molar-refractivity contribution < 1.29 is 9.18 Å². The summed E-state index contributed by atoms with van der Waals surface area (Å²) in [6.07, 6.45) is 0. The molecule has 0 atom stereocenters. The summed E-state index contributed by atoms with van der Waals surface area (Å²) in [5, 5.41) is 3.11. The lowest BCUT2D eigenvalue weighted by molar-refractivity contribution is -0.113. The van der Waals surface area contributed by atoms with Crippen molar-refractivity contribution in [3.63, 3.8) is 0 Å². The molecular formula is C16H18FN3OS. The summed E-state index contributed by atoms with van der Waals surface area (Å²) < 4.78 is 13.7. The smallest absolute Gasteiger partial charge is 0.234 e. The average molecular weight is 319 g/mol. The second kappa shape index (κ2) is 6.87. The third-order valence-electron chi connectivity index (χ3n) is 3.34. The van der Waals surface area contributed by atoms with E-state index in [1.54, 1.807) is 19.1 Å². The topological polar surface area (TPSA) is 54.9 Å². The van der Waals surface area contributed by atoms with Gasteiger partial charge < -0.3 is 5.32 Å². The van der Waals surface area contributed by atoms with Crippen LogP contribution in [0.15, 0.2) is 23.4 Å². The average Bonchev–Trinajstić information content (AvgIpc) is 2.45. The molecule has 1 amide bonds. The van der Waals surface area contributed by atoms with E-state index >= 15 is 0 Å². The second-order valence-corrected chi connectivity index (χ2v) is 6.06. The van der Waals surface area contributed by atoms with E-state index in [9.17, 15) is 9.18 Å². The molecule has 1 heterocycles. The van der Waals surface area contributed by atoms with Gasteiger partial charge in [-0.15, -0.1) is 0 Å². The Morgan fingerprint density at radius 3 is 2.41 bits per heavy atom. The number of halogens is 1. The summed E-state index contributed by atoms with van der Waals surface area (Å²) in [4.78, 5) is 20.6. The van der Waals surface area contributed by atoms with Gasteiger partial charge in [0.15, 0.2) is 5.16 Å². The lowest BCUT2D eigenvalue weighted by atomic mass is 10.2. The molecular weight excluding hydrogens is 301 g/mol. The van der Waals surface area contributed by atoms with Crippen LogP contribution in [0.25, 0.3) is 0 Å². The summed E-state index contributed by atoms with van der Waals surface area (Å²) in [5.74, 6) is -0.584. The highest BCUT2D eigenvalue weighted by atomic mass is 32.2. The molecule has 1 aromatic heterocycles. The van der Waals surface area contributed by atoms with E-state index in [0.717, 1.165) is 22.5 Å². The molecule has 0 saturated heterocycles. The fourth-order valence-corrected chi connectivity index (χ4v) is 2.58. The van der Waals surface area contributed by atoms with Gasteiger partial charge in [-0.1, -0.05) is 17.8 Å². The van der Waals surface area contributed by atoms with Crippen LogP contribution in [0.2, 0.25) is 0 Å². The Morgan fingerprint density at radius 1 is 1.18 bits per heavy atom. The van der Waals surface area contributed by atoms with Crippen LogP contribution in [0, 0.1) is 33.5 Å². The molecule has 0 aliphatic heterocycles. The standard InChI is InChI=1S/C16H18FN3OS/c1-9-5-6-14(13(17)7-9)20-15(21)8-22-16-18-11(3)10(2)12(4)19-16/h5-7H,8H2,1-4H3,(H,20,21). The maximum absolute atomic E-state index is 13.7. The molecule has 2 aromatic rings. The minimum atomic E-state index is -0.434. The molecule has 1 aromatic carbocycles. The van der Waals surface area contributed by atoms with Crippen molar-refractivity contribution in [3.8, 4) is 0 Å². The van der Waals surface area contributed by atoms with Crippen LogP contribution in [-0.4, -0.2) is 21.6 Å².